The fourth-order valence-corrected chi connectivity index (χ4v) is 1.23. The molecular weight excluding hydrogens is 194 g/mol. The Bertz CT molecular complexity index is 350. The van der Waals surface area contributed by atoms with E-state index in [4.69, 9.17) is 9.47 Å². The van der Waals surface area contributed by atoms with Gasteiger partial charge in [-0.3, -0.25) is 0 Å². The number of ether oxygens (including phenoxy) is 2. The van der Waals surface area contributed by atoms with Gasteiger partial charge in [0.25, 0.3) is 0 Å². The molecule has 4 heteroatoms. The maximum atomic E-state index is 11.6. The van der Waals surface area contributed by atoms with Crippen molar-refractivity contribution < 1.29 is 14.3 Å². The van der Waals surface area contributed by atoms with E-state index in [-0.39, 0.29) is 5.97 Å². The van der Waals surface area contributed by atoms with Crippen LogP contribution in [0.25, 0.3) is 0 Å². The number of aromatic nitrogens is 1. The van der Waals surface area contributed by atoms with Crippen molar-refractivity contribution in [2.24, 2.45) is 0 Å². The van der Waals surface area contributed by atoms with E-state index in [0.717, 1.165) is 5.56 Å². The van der Waals surface area contributed by atoms with Gasteiger partial charge in [0.05, 0.1) is 13.2 Å². The lowest BCUT2D eigenvalue weighted by atomic mass is 10.1. The monoisotopic (exact) mass is 209 g/mol. The van der Waals surface area contributed by atoms with E-state index in [1.54, 1.807) is 19.2 Å². The first kappa shape index (κ1) is 11.5. The van der Waals surface area contributed by atoms with Gasteiger partial charge in [-0.25, -0.2) is 9.78 Å². The minimum atomic E-state index is -0.383. The summed E-state index contributed by atoms with van der Waals surface area (Å²) in [6.45, 7) is 6.26. The molecule has 0 amide bonds. The van der Waals surface area contributed by atoms with Gasteiger partial charge in [-0.1, -0.05) is 0 Å². The third-order valence-electron chi connectivity index (χ3n) is 1.89. The van der Waals surface area contributed by atoms with Crippen molar-refractivity contribution in [1.82, 2.24) is 4.98 Å². The molecule has 1 heterocycles. The van der Waals surface area contributed by atoms with Crippen LogP contribution in [0, 0.1) is 6.92 Å². The van der Waals surface area contributed by atoms with E-state index < -0.39 is 0 Å². The average molecular weight is 209 g/mol. The van der Waals surface area contributed by atoms with Crippen LogP contribution in [-0.4, -0.2) is 24.2 Å². The first-order chi connectivity index (χ1) is 7.20. The van der Waals surface area contributed by atoms with Gasteiger partial charge in [-0.2, -0.15) is 0 Å². The van der Waals surface area contributed by atoms with Crippen molar-refractivity contribution in [2.75, 3.05) is 13.2 Å². The van der Waals surface area contributed by atoms with Crippen LogP contribution in [0.5, 0.6) is 5.88 Å². The standard InChI is InChI=1S/C11H15NO3/c1-4-14-10-9(11(13)15-5-2)8(3)6-7-12-10/h6-7H,4-5H2,1-3H3. The second kappa shape index (κ2) is 5.34. The van der Waals surface area contributed by atoms with Gasteiger partial charge >= 0.3 is 5.97 Å². The van der Waals surface area contributed by atoms with Gasteiger partial charge < -0.3 is 9.47 Å². The Morgan fingerprint density at radius 1 is 1.40 bits per heavy atom. The maximum Gasteiger partial charge on any atom is 0.343 e. The summed E-state index contributed by atoms with van der Waals surface area (Å²) < 4.78 is 10.2. The van der Waals surface area contributed by atoms with Gasteiger partial charge in [-0.15, -0.1) is 0 Å². The number of carbonyl (C=O) groups is 1. The zero-order valence-corrected chi connectivity index (χ0v) is 9.24. The average Bonchev–Trinajstić information content (AvgIpc) is 2.18. The number of carbonyl (C=O) groups excluding carboxylic acids is 1. The third kappa shape index (κ3) is 2.68. The van der Waals surface area contributed by atoms with Crippen molar-refractivity contribution in [1.29, 1.82) is 0 Å². The number of hydrogen-bond acceptors (Lipinski definition) is 4. The Morgan fingerprint density at radius 2 is 2.13 bits per heavy atom. The predicted octanol–water partition coefficient (Wildman–Crippen LogP) is 1.97. The zero-order chi connectivity index (χ0) is 11.3. The molecule has 0 saturated carbocycles. The number of hydrogen-bond donors (Lipinski definition) is 0. The highest BCUT2D eigenvalue weighted by atomic mass is 16.5. The molecule has 0 aliphatic rings. The van der Waals surface area contributed by atoms with Crippen LogP contribution >= 0.6 is 0 Å². The van der Waals surface area contributed by atoms with Crippen molar-refractivity contribution in [2.45, 2.75) is 20.8 Å². The summed E-state index contributed by atoms with van der Waals surface area (Å²) in [6.07, 6.45) is 1.61. The molecular formula is C11H15NO3. The summed E-state index contributed by atoms with van der Waals surface area (Å²) in [7, 11) is 0. The second-order valence-electron chi connectivity index (χ2n) is 2.96. The molecule has 4 nitrogen and oxygen atoms in total. The van der Waals surface area contributed by atoms with Crippen molar-refractivity contribution in [3.05, 3.63) is 23.4 Å². The molecule has 15 heavy (non-hydrogen) atoms. The zero-order valence-electron chi connectivity index (χ0n) is 9.24. The first-order valence-electron chi connectivity index (χ1n) is 4.96. The number of rotatable bonds is 4. The second-order valence-corrected chi connectivity index (χ2v) is 2.96. The Hall–Kier alpha value is -1.58. The normalized spacial score (nSPS) is 9.80. The summed E-state index contributed by atoms with van der Waals surface area (Å²) in [4.78, 5) is 15.6. The SMILES string of the molecule is CCOC(=O)c1c(C)ccnc1OCC. The smallest absolute Gasteiger partial charge is 0.343 e. The van der Waals surface area contributed by atoms with Crippen LogP contribution in [0.3, 0.4) is 0 Å². The summed E-state index contributed by atoms with van der Waals surface area (Å²) >= 11 is 0. The van der Waals surface area contributed by atoms with E-state index in [0.29, 0.717) is 24.7 Å². The highest BCUT2D eigenvalue weighted by molar-refractivity contribution is 5.93. The molecule has 0 aromatic carbocycles. The van der Waals surface area contributed by atoms with Crippen LogP contribution in [-0.2, 0) is 4.74 Å². The Morgan fingerprint density at radius 3 is 2.73 bits per heavy atom. The fourth-order valence-electron chi connectivity index (χ4n) is 1.23. The topological polar surface area (TPSA) is 48.4 Å². The van der Waals surface area contributed by atoms with Gasteiger partial charge in [0.15, 0.2) is 0 Å². The molecule has 0 bridgehead atoms. The van der Waals surface area contributed by atoms with E-state index in [1.807, 2.05) is 13.8 Å². The van der Waals surface area contributed by atoms with E-state index >= 15 is 0 Å². The van der Waals surface area contributed by atoms with E-state index in [2.05, 4.69) is 4.98 Å². The number of esters is 1. The minimum absolute atomic E-state index is 0.343. The molecule has 0 aliphatic heterocycles. The number of nitrogens with zero attached hydrogens (tertiary/aromatic N) is 1. The Balaban J connectivity index is 3.06. The van der Waals surface area contributed by atoms with Gasteiger partial charge in [-0.05, 0) is 32.4 Å². The quantitative estimate of drug-likeness (QED) is 0.711. The molecule has 0 fully saturated rings. The maximum absolute atomic E-state index is 11.6. The molecule has 0 aliphatic carbocycles. The molecule has 1 aromatic heterocycles. The van der Waals surface area contributed by atoms with Crippen molar-refractivity contribution in [3.63, 3.8) is 0 Å². The highest BCUT2D eigenvalue weighted by Gasteiger charge is 2.17. The lowest BCUT2D eigenvalue weighted by Crippen LogP contribution is -2.10. The molecule has 1 aromatic rings. The summed E-state index contributed by atoms with van der Waals surface area (Å²) in [5.74, 6) is -0.0394. The van der Waals surface area contributed by atoms with Crippen molar-refractivity contribution in [3.8, 4) is 5.88 Å². The van der Waals surface area contributed by atoms with Gasteiger partial charge in [0.2, 0.25) is 5.88 Å². The molecule has 0 saturated heterocycles. The first-order valence-corrected chi connectivity index (χ1v) is 4.96. The van der Waals surface area contributed by atoms with Gasteiger partial charge in [0, 0.05) is 6.20 Å². The molecule has 0 atom stereocenters. The highest BCUT2D eigenvalue weighted by Crippen LogP contribution is 2.19. The molecule has 0 spiro atoms. The van der Waals surface area contributed by atoms with Gasteiger partial charge in [0.1, 0.15) is 5.56 Å². The van der Waals surface area contributed by atoms with E-state index in [9.17, 15) is 4.79 Å². The van der Waals surface area contributed by atoms with E-state index in [1.165, 1.54) is 0 Å². The lowest BCUT2D eigenvalue weighted by Gasteiger charge is -2.10. The summed E-state index contributed by atoms with van der Waals surface area (Å²) in [6, 6.07) is 1.76. The summed E-state index contributed by atoms with van der Waals surface area (Å²) in [5.41, 5.74) is 1.23. The fraction of sp³-hybridized carbons (Fsp3) is 0.455. The van der Waals surface area contributed by atoms with Crippen LogP contribution in [0.15, 0.2) is 12.3 Å². The molecule has 1 rings (SSSR count). The largest absolute Gasteiger partial charge is 0.477 e. The third-order valence-corrected chi connectivity index (χ3v) is 1.89. The predicted molar refractivity (Wildman–Crippen MR) is 56.1 cm³/mol. The Kier molecular flexibility index (Phi) is 4.09. The number of aryl methyl sites for hydroxylation is 1. The number of pyridine rings is 1. The summed E-state index contributed by atoms with van der Waals surface area (Å²) in [5, 5.41) is 0. The van der Waals surface area contributed by atoms with Crippen LogP contribution in [0.4, 0.5) is 0 Å². The lowest BCUT2D eigenvalue weighted by molar-refractivity contribution is 0.0520. The minimum Gasteiger partial charge on any atom is -0.477 e. The molecule has 82 valence electrons. The van der Waals surface area contributed by atoms with Crippen LogP contribution in [0.1, 0.15) is 29.8 Å². The van der Waals surface area contributed by atoms with Crippen molar-refractivity contribution >= 4 is 5.97 Å². The Labute approximate surface area is 89.2 Å². The molecule has 0 N–H and O–H groups in total. The molecule has 0 unspecified atom stereocenters. The van der Waals surface area contributed by atoms with Crippen LogP contribution < -0.4 is 4.74 Å². The van der Waals surface area contributed by atoms with Crippen LogP contribution in [0.2, 0.25) is 0 Å². The molecule has 0 radical (unpaired) electrons.